The summed E-state index contributed by atoms with van der Waals surface area (Å²) in [5.74, 6) is 1.79. The van der Waals surface area contributed by atoms with Gasteiger partial charge in [-0.05, 0) is 48.5 Å². The monoisotopic (exact) mass is 564 g/mol. The van der Waals surface area contributed by atoms with Crippen LogP contribution in [-0.4, -0.2) is 40.3 Å². The molecule has 0 aliphatic carbocycles. The van der Waals surface area contributed by atoms with Gasteiger partial charge in [-0.25, -0.2) is 4.79 Å². The lowest BCUT2D eigenvalue weighted by Crippen LogP contribution is -2.56. The van der Waals surface area contributed by atoms with Gasteiger partial charge in [0.1, 0.15) is 23.0 Å². The van der Waals surface area contributed by atoms with Crippen LogP contribution in [0.2, 0.25) is 0 Å². The zero-order chi connectivity index (χ0) is 23.9. The van der Waals surface area contributed by atoms with Crippen molar-refractivity contribution >= 4 is 75.6 Å². The zero-order valence-corrected chi connectivity index (χ0v) is 21.1. The van der Waals surface area contributed by atoms with Crippen LogP contribution in [0.3, 0.4) is 0 Å². The number of carbonyl (C=O) groups is 1. The molecule has 176 valence electrons. The lowest BCUT2D eigenvalue weighted by atomic mass is 10.3. The Kier molecular flexibility index (Phi) is 9.82. The normalized spacial score (nSPS) is 13.5. The van der Waals surface area contributed by atoms with Gasteiger partial charge in [-0.15, -0.1) is 0 Å². The fraction of sp³-hybridized carbons (Fsp3) is 0.316. The Morgan fingerprint density at radius 1 is 0.656 bits per heavy atom. The Balaban J connectivity index is 2.09. The maximum Gasteiger partial charge on any atom is 0.320 e. The highest BCUT2D eigenvalue weighted by Gasteiger charge is 2.40. The smallest absolute Gasteiger partial charge is 0.320 e. The molecule has 0 aliphatic rings. The summed E-state index contributed by atoms with van der Waals surface area (Å²) in [5.41, 5.74) is 0. The van der Waals surface area contributed by atoms with Crippen molar-refractivity contribution in [3.63, 3.8) is 0 Å². The third kappa shape index (κ3) is 8.54. The molecule has 0 radical (unpaired) electrons. The summed E-state index contributed by atoms with van der Waals surface area (Å²) in [7, 11) is 3.03. The predicted octanol–water partition coefficient (Wildman–Crippen LogP) is 5.85. The number of nitrogens with one attached hydrogen (secondary N) is 2. The molecule has 32 heavy (non-hydrogen) atoms. The van der Waals surface area contributed by atoms with Gasteiger partial charge in [0, 0.05) is 0 Å². The molecule has 2 aromatic rings. The summed E-state index contributed by atoms with van der Waals surface area (Å²) >= 11 is 35.7. The van der Waals surface area contributed by atoms with E-state index in [-0.39, 0.29) is 0 Å². The first kappa shape index (κ1) is 26.9. The molecule has 2 N–H and O–H groups in total. The van der Waals surface area contributed by atoms with E-state index in [0.717, 1.165) is 0 Å². The van der Waals surface area contributed by atoms with E-state index in [1.807, 2.05) is 0 Å². The van der Waals surface area contributed by atoms with Crippen molar-refractivity contribution in [1.82, 2.24) is 10.6 Å². The molecule has 0 fully saturated rings. The van der Waals surface area contributed by atoms with Crippen LogP contribution in [0.5, 0.6) is 23.0 Å². The van der Waals surface area contributed by atoms with Gasteiger partial charge in [0.25, 0.3) is 0 Å². The highest BCUT2D eigenvalue weighted by Crippen LogP contribution is 2.34. The highest BCUT2D eigenvalue weighted by molar-refractivity contribution is 6.68. The minimum absolute atomic E-state index is 0.301. The van der Waals surface area contributed by atoms with Crippen molar-refractivity contribution in [2.45, 2.75) is 20.0 Å². The summed E-state index contributed by atoms with van der Waals surface area (Å²) in [6.45, 7) is 0. The van der Waals surface area contributed by atoms with Gasteiger partial charge in [-0.2, -0.15) is 0 Å². The van der Waals surface area contributed by atoms with Gasteiger partial charge in [0.05, 0.1) is 14.2 Å². The second-order valence-corrected chi connectivity index (χ2v) is 10.8. The number of amides is 2. The zero-order valence-electron chi connectivity index (χ0n) is 16.6. The minimum atomic E-state index is -2.04. The molecule has 13 heteroatoms. The molecule has 0 saturated carbocycles. The first-order chi connectivity index (χ1) is 14.9. The topological polar surface area (TPSA) is 78.1 Å². The summed E-state index contributed by atoms with van der Waals surface area (Å²) in [4.78, 5) is 12.6. The molecule has 0 aromatic heterocycles. The molecule has 2 amide bonds. The van der Waals surface area contributed by atoms with E-state index in [4.69, 9.17) is 88.6 Å². The Hall–Kier alpha value is -1.35. The van der Waals surface area contributed by atoms with Crippen LogP contribution in [0, 0.1) is 0 Å². The van der Waals surface area contributed by atoms with Gasteiger partial charge >= 0.3 is 6.03 Å². The van der Waals surface area contributed by atoms with Crippen molar-refractivity contribution in [2.75, 3.05) is 14.2 Å². The van der Waals surface area contributed by atoms with Crippen LogP contribution in [0.25, 0.3) is 0 Å². The summed E-state index contributed by atoms with van der Waals surface area (Å²) in [6.07, 6.45) is -2.81. The molecule has 0 aliphatic heterocycles. The number of rotatable bonds is 8. The number of halogens is 6. The maximum atomic E-state index is 12.6. The average Bonchev–Trinajstić information content (AvgIpc) is 2.72. The number of methoxy groups -OCH3 is 2. The lowest BCUT2D eigenvalue weighted by molar-refractivity contribution is 0.141. The first-order valence-electron chi connectivity index (χ1n) is 8.74. The molecule has 7 nitrogen and oxygen atoms in total. The van der Waals surface area contributed by atoms with E-state index < -0.39 is 26.1 Å². The number of hydrogen-bond donors (Lipinski definition) is 2. The van der Waals surface area contributed by atoms with E-state index in [1.54, 1.807) is 48.5 Å². The van der Waals surface area contributed by atoms with Crippen molar-refractivity contribution in [3.8, 4) is 23.0 Å². The fourth-order valence-corrected chi connectivity index (χ4v) is 2.81. The van der Waals surface area contributed by atoms with Gasteiger partial charge < -0.3 is 18.9 Å². The molecule has 0 unspecified atom stereocenters. The third-order valence-corrected chi connectivity index (χ3v) is 4.93. The van der Waals surface area contributed by atoms with Gasteiger partial charge in [-0.3, -0.25) is 10.6 Å². The van der Waals surface area contributed by atoms with E-state index >= 15 is 0 Å². The molecule has 0 bridgehead atoms. The van der Waals surface area contributed by atoms with Gasteiger partial charge in [-0.1, -0.05) is 69.6 Å². The van der Waals surface area contributed by atoms with Crippen LogP contribution in [-0.2, 0) is 0 Å². The fourth-order valence-electron chi connectivity index (χ4n) is 2.22. The average molecular weight is 567 g/mol. The number of urea groups is 1. The SMILES string of the molecule is COc1ccc(O[C@@H](NC(=O)N[C@@H](Oc2ccc(OC)cc2)C(Cl)(Cl)Cl)C(Cl)(Cl)Cl)cc1. The van der Waals surface area contributed by atoms with E-state index in [9.17, 15) is 4.79 Å². The molecule has 0 saturated heterocycles. The number of benzene rings is 2. The lowest BCUT2D eigenvalue weighted by Gasteiger charge is -2.29. The van der Waals surface area contributed by atoms with Gasteiger partial charge in [0.15, 0.2) is 0 Å². The Labute approximate surface area is 215 Å². The van der Waals surface area contributed by atoms with Crippen LogP contribution in [0.15, 0.2) is 48.5 Å². The minimum Gasteiger partial charge on any atom is -0.497 e. The largest absolute Gasteiger partial charge is 0.497 e. The summed E-state index contributed by atoms with van der Waals surface area (Å²) < 4.78 is 17.2. The first-order valence-corrected chi connectivity index (χ1v) is 11.0. The quantitative estimate of drug-likeness (QED) is 0.309. The van der Waals surface area contributed by atoms with E-state index in [2.05, 4.69) is 10.6 Å². The molecule has 2 rings (SSSR count). The van der Waals surface area contributed by atoms with E-state index in [0.29, 0.717) is 23.0 Å². The molecule has 2 aromatic carbocycles. The molecule has 0 spiro atoms. The van der Waals surface area contributed by atoms with Crippen LogP contribution >= 0.6 is 69.6 Å². The Morgan fingerprint density at radius 2 is 0.938 bits per heavy atom. The number of hydrogen-bond acceptors (Lipinski definition) is 5. The van der Waals surface area contributed by atoms with Crippen molar-refractivity contribution in [3.05, 3.63) is 48.5 Å². The highest BCUT2D eigenvalue weighted by atomic mass is 35.6. The Morgan fingerprint density at radius 3 is 1.19 bits per heavy atom. The van der Waals surface area contributed by atoms with Crippen LogP contribution < -0.4 is 29.6 Å². The molecule has 0 heterocycles. The van der Waals surface area contributed by atoms with Crippen LogP contribution in [0.4, 0.5) is 4.79 Å². The molecule has 2 atom stereocenters. The van der Waals surface area contributed by atoms with Crippen molar-refractivity contribution in [1.29, 1.82) is 0 Å². The summed E-state index contributed by atoms with van der Waals surface area (Å²) in [6, 6.07) is 11.9. The maximum absolute atomic E-state index is 12.6. The predicted molar refractivity (Wildman–Crippen MR) is 127 cm³/mol. The molecular formula is C19H18Cl6N2O5. The number of ether oxygens (including phenoxy) is 4. The number of carbonyl (C=O) groups excluding carboxylic acids is 1. The second kappa shape index (κ2) is 11.7. The number of alkyl halides is 6. The van der Waals surface area contributed by atoms with Gasteiger partial charge in [0.2, 0.25) is 20.0 Å². The second-order valence-electron chi connectivity index (χ2n) is 6.05. The van der Waals surface area contributed by atoms with Crippen LogP contribution in [0.1, 0.15) is 0 Å². The van der Waals surface area contributed by atoms with Crippen molar-refractivity contribution in [2.24, 2.45) is 0 Å². The van der Waals surface area contributed by atoms with E-state index in [1.165, 1.54) is 14.2 Å². The van der Waals surface area contributed by atoms with Crippen molar-refractivity contribution < 1.29 is 23.7 Å². The molecular weight excluding hydrogens is 549 g/mol. The third-order valence-electron chi connectivity index (χ3n) is 3.75. The standard InChI is InChI=1S/C19H18Cl6N2O5/c1-29-11-3-7-13(8-4-11)31-15(18(20,21)22)26-17(28)27-16(19(23,24)25)32-14-9-5-12(30-2)6-10-14/h3-10,15-16H,1-2H3,(H2,26,27,28)/t15-,16+. The Bertz CT molecular complexity index is 800. The summed E-state index contributed by atoms with van der Waals surface area (Å²) in [5, 5.41) is 4.73.